The van der Waals surface area contributed by atoms with E-state index in [1.54, 1.807) is 18.2 Å². The lowest BCUT2D eigenvalue weighted by Crippen LogP contribution is -1.98. The van der Waals surface area contributed by atoms with Gasteiger partial charge >= 0.3 is 5.88 Å². The van der Waals surface area contributed by atoms with E-state index in [1.165, 1.54) is 19.2 Å². The normalized spacial score (nSPS) is 12.2. The Labute approximate surface area is 116 Å². The minimum atomic E-state index is -1.07. The summed E-state index contributed by atoms with van der Waals surface area (Å²) in [6, 6.07) is 7.58. The van der Waals surface area contributed by atoms with Crippen LogP contribution in [0, 0.1) is 10.1 Å². The van der Waals surface area contributed by atoms with Gasteiger partial charge in [-0.1, -0.05) is 6.07 Å². The topological polar surface area (TPSA) is 85.7 Å². The first-order valence-corrected chi connectivity index (χ1v) is 6.08. The van der Waals surface area contributed by atoms with Gasteiger partial charge in [0.1, 0.15) is 22.5 Å². The molecule has 100 valence electrons. The van der Waals surface area contributed by atoms with Gasteiger partial charge in [0.15, 0.2) is 0 Å². The predicted molar refractivity (Wildman–Crippen MR) is 70.1 cm³/mol. The average molecular weight is 328 g/mol. The quantitative estimate of drug-likeness (QED) is 0.689. The molecule has 1 atom stereocenters. The highest BCUT2D eigenvalue weighted by molar-refractivity contribution is 9.10. The molecule has 6 nitrogen and oxygen atoms in total. The van der Waals surface area contributed by atoms with Gasteiger partial charge < -0.3 is 14.3 Å². The number of rotatable bonds is 4. The van der Waals surface area contributed by atoms with Crippen molar-refractivity contribution in [2.24, 2.45) is 0 Å². The van der Waals surface area contributed by atoms with E-state index in [4.69, 9.17) is 9.15 Å². The minimum absolute atomic E-state index is 0.115. The number of benzene rings is 1. The molecule has 0 spiro atoms. The smallest absolute Gasteiger partial charge is 0.433 e. The van der Waals surface area contributed by atoms with Gasteiger partial charge in [0.05, 0.1) is 17.6 Å². The van der Waals surface area contributed by atoms with E-state index in [0.717, 1.165) is 0 Å². The van der Waals surface area contributed by atoms with Crippen molar-refractivity contribution in [3.8, 4) is 5.75 Å². The van der Waals surface area contributed by atoms with Gasteiger partial charge in [-0.15, -0.1) is 0 Å². The van der Waals surface area contributed by atoms with E-state index in [-0.39, 0.29) is 5.76 Å². The third-order valence-electron chi connectivity index (χ3n) is 2.55. The minimum Gasteiger partial charge on any atom is -0.496 e. The molecule has 0 amide bonds. The first-order chi connectivity index (χ1) is 9.02. The maximum atomic E-state index is 10.5. The van der Waals surface area contributed by atoms with Crippen LogP contribution in [0.25, 0.3) is 0 Å². The Hall–Kier alpha value is -1.86. The van der Waals surface area contributed by atoms with Gasteiger partial charge in [-0.2, -0.15) is 0 Å². The number of hydrogen-bond acceptors (Lipinski definition) is 5. The Morgan fingerprint density at radius 2 is 2.16 bits per heavy atom. The molecule has 2 aromatic rings. The molecule has 1 aromatic carbocycles. The maximum Gasteiger partial charge on any atom is 0.433 e. The number of methoxy groups -OCH3 is 1. The number of hydrogen-bond donors (Lipinski definition) is 1. The Morgan fingerprint density at radius 3 is 2.68 bits per heavy atom. The molecular formula is C12H10BrNO5. The number of aliphatic hydroxyl groups excluding tert-OH is 1. The lowest BCUT2D eigenvalue weighted by atomic mass is 10.1. The molecule has 0 fully saturated rings. The van der Waals surface area contributed by atoms with Crippen LogP contribution in [0.5, 0.6) is 5.75 Å². The van der Waals surface area contributed by atoms with Crippen LogP contribution >= 0.6 is 15.9 Å². The second-order valence-electron chi connectivity index (χ2n) is 3.73. The third-order valence-corrected chi connectivity index (χ3v) is 3.17. The zero-order chi connectivity index (χ0) is 14.0. The summed E-state index contributed by atoms with van der Waals surface area (Å²) in [6.45, 7) is 0. The fourth-order valence-corrected chi connectivity index (χ4v) is 2.16. The SMILES string of the molecule is COc1ccc(C(O)c2ccc([N+](=O)[O-])o2)cc1Br. The zero-order valence-corrected chi connectivity index (χ0v) is 11.5. The van der Waals surface area contributed by atoms with Crippen molar-refractivity contribution < 1.29 is 19.2 Å². The molecule has 0 aliphatic carbocycles. The lowest BCUT2D eigenvalue weighted by molar-refractivity contribution is -0.402. The van der Waals surface area contributed by atoms with Crippen molar-refractivity contribution in [3.63, 3.8) is 0 Å². The van der Waals surface area contributed by atoms with Crippen molar-refractivity contribution in [3.05, 3.63) is 56.2 Å². The number of nitro groups is 1. The van der Waals surface area contributed by atoms with Crippen LogP contribution in [0.4, 0.5) is 5.88 Å². The van der Waals surface area contributed by atoms with E-state index in [2.05, 4.69) is 15.9 Å². The van der Waals surface area contributed by atoms with Gasteiger partial charge in [0, 0.05) is 0 Å². The molecule has 1 unspecified atom stereocenters. The molecule has 0 aliphatic heterocycles. The highest BCUT2D eigenvalue weighted by Crippen LogP contribution is 2.32. The van der Waals surface area contributed by atoms with Crippen LogP contribution in [0.2, 0.25) is 0 Å². The molecule has 2 rings (SSSR count). The van der Waals surface area contributed by atoms with Gasteiger partial charge in [0.2, 0.25) is 0 Å². The fourth-order valence-electron chi connectivity index (χ4n) is 1.60. The van der Waals surface area contributed by atoms with Crippen LogP contribution in [-0.4, -0.2) is 17.1 Å². The molecule has 0 radical (unpaired) electrons. The van der Waals surface area contributed by atoms with E-state index < -0.39 is 16.9 Å². The highest BCUT2D eigenvalue weighted by Gasteiger charge is 2.20. The summed E-state index contributed by atoms with van der Waals surface area (Å²) >= 11 is 3.30. The first-order valence-electron chi connectivity index (χ1n) is 5.28. The van der Waals surface area contributed by atoms with Crippen LogP contribution in [0.3, 0.4) is 0 Å². The summed E-state index contributed by atoms with van der Waals surface area (Å²) in [4.78, 5) is 9.86. The summed E-state index contributed by atoms with van der Waals surface area (Å²) in [5.74, 6) is 0.340. The molecule has 1 N–H and O–H groups in total. The van der Waals surface area contributed by atoms with Gasteiger partial charge in [-0.05, 0) is 39.7 Å². The second-order valence-corrected chi connectivity index (χ2v) is 4.58. The van der Waals surface area contributed by atoms with Crippen LogP contribution < -0.4 is 4.74 Å². The number of nitrogens with zero attached hydrogens (tertiary/aromatic N) is 1. The summed E-state index contributed by atoms with van der Waals surface area (Å²) in [5.41, 5.74) is 0.539. The molecule has 19 heavy (non-hydrogen) atoms. The Balaban J connectivity index is 2.30. The van der Waals surface area contributed by atoms with E-state index >= 15 is 0 Å². The zero-order valence-electron chi connectivity index (χ0n) is 9.87. The molecule has 7 heteroatoms. The molecular weight excluding hydrogens is 318 g/mol. The van der Waals surface area contributed by atoms with Crippen LogP contribution in [0.1, 0.15) is 17.4 Å². The highest BCUT2D eigenvalue weighted by atomic mass is 79.9. The molecule has 1 heterocycles. The summed E-state index contributed by atoms with van der Waals surface area (Å²) in [7, 11) is 1.53. The van der Waals surface area contributed by atoms with Gasteiger partial charge in [-0.3, -0.25) is 10.1 Å². The van der Waals surface area contributed by atoms with Gasteiger partial charge in [-0.25, -0.2) is 0 Å². The monoisotopic (exact) mass is 327 g/mol. The van der Waals surface area contributed by atoms with Crippen LogP contribution in [0.15, 0.2) is 39.2 Å². The fraction of sp³-hybridized carbons (Fsp3) is 0.167. The number of halogens is 1. The number of aliphatic hydroxyl groups is 1. The van der Waals surface area contributed by atoms with Gasteiger partial charge in [0.25, 0.3) is 0 Å². The number of ether oxygens (including phenoxy) is 1. The summed E-state index contributed by atoms with van der Waals surface area (Å²) in [5, 5.41) is 20.6. The predicted octanol–water partition coefficient (Wildman–Crippen LogP) is 3.04. The third kappa shape index (κ3) is 2.77. The van der Waals surface area contributed by atoms with E-state index in [1.807, 2.05) is 0 Å². The van der Waals surface area contributed by atoms with Crippen LogP contribution in [-0.2, 0) is 0 Å². The van der Waals surface area contributed by atoms with Crippen molar-refractivity contribution in [2.45, 2.75) is 6.10 Å². The van der Waals surface area contributed by atoms with Crippen molar-refractivity contribution in [1.82, 2.24) is 0 Å². The Bertz CT molecular complexity index is 610. The average Bonchev–Trinajstić information content (AvgIpc) is 2.87. The number of furan rings is 1. The van der Waals surface area contributed by atoms with E-state index in [9.17, 15) is 15.2 Å². The molecule has 0 bridgehead atoms. The maximum absolute atomic E-state index is 10.5. The molecule has 0 saturated carbocycles. The Morgan fingerprint density at radius 1 is 1.42 bits per heavy atom. The largest absolute Gasteiger partial charge is 0.496 e. The van der Waals surface area contributed by atoms with E-state index in [0.29, 0.717) is 15.8 Å². The lowest BCUT2D eigenvalue weighted by Gasteiger charge is -2.10. The molecule has 1 aromatic heterocycles. The van der Waals surface area contributed by atoms with Crippen molar-refractivity contribution in [2.75, 3.05) is 7.11 Å². The molecule has 0 aliphatic rings. The second kappa shape index (κ2) is 5.41. The molecule has 0 saturated heterocycles. The van der Waals surface area contributed by atoms with Crippen molar-refractivity contribution >= 4 is 21.8 Å². The van der Waals surface area contributed by atoms with Crippen molar-refractivity contribution in [1.29, 1.82) is 0 Å². The summed E-state index contributed by atoms with van der Waals surface area (Å²) in [6.07, 6.45) is -1.07. The Kier molecular flexibility index (Phi) is 3.87. The standard InChI is InChI=1S/C12H10BrNO5/c1-18-9-3-2-7(6-8(9)13)12(15)10-4-5-11(19-10)14(16)17/h2-6,12,15H,1H3. The summed E-state index contributed by atoms with van der Waals surface area (Å²) < 4.78 is 10.7. The first kappa shape index (κ1) is 13.6.